The van der Waals surface area contributed by atoms with Crippen LogP contribution in [-0.4, -0.2) is 82.3 Å². The second-order valence-electron chi connectivity index (χ2n) is 9.39. The molecule has 0 bridgehead atoms. The molecule has 0 aromatic carbocycles. The van der Waals surface area contributed by atoms with Crippen molar-refractivity contribution in [1.82, 2.24) is 9.80 Å². The Hall–Kier alpha value is -2.19. The lowest BCUT2D eigenvalue weighted by Gasteiger charge is -2.40. The van der Waals surface area contributed by atoms with Crippen LogP contribution in [0.2, 0.25) is 0 Å². The molecule has 8 nitrogen and oxygen atoms in total. The highest BCUT2D eigenvalue weighted by atomic mass is 16.6. The largest absolute Gasteiger partial charge is 0.465 e. The Bertz CT molecular complexity index is 836. The summed E-state index contributed by atoms with van der Waals surface area (Å²) in [6.07, 6.45) is 10.3. The molecule has 1 spiro atoms. The summed E-state index contributed by atoms with van der Waals surface area (Å²) in [4.78, 5) is 44.2. The van der Waals surface area contributed by atoms with E-state index in [-0.39, 0.29) is 25.0 Å². The van der Waals surface area contributed by atoms with Gasteiger partial charge in [-0.05, 0) is 26.2 Å². The van der Waals surface area contributed by atoms with Crippen LogP contribution in [0.4, 0.5) is 0 Å². The topological polar surface area (TPSA) is 96.4 Å². The minimum atomic E-state index is -1.29. The molecular formula is C24H34N2O6. The van der Waals surface area contributed by atoms with Crippen LogP contribution in [0.5, 0.6) is 0 Å². The van der Waals surface area contributed by atoms with Gasteiger partial charge in [0.2, 0.25) is 11.8 Å². The zero-order valence-corrected chi connectivity index (χ0v) is 19.2. The van der Waals surface area contributed by atoms with Crippen LogP contribution >= 0.6 is 0 Å². The third-order valence-electron chi connectivity index (χ3n) is 7.40. The Balaban J connectivity index is 1.87. The quantitative estimate of drug-likeness (QED) is 0.490. The molecule has 176 valence electrons. The third kappa shape index (κ3) is 3.30. The zero-order valence-electron chi connectivity index (χ0n) is 19.2. The molecule has 0 aromatic rings. The fourth-order valence-corrected chi connectivity index (χ4v) is 5.83. The van der Waals surface area contributed by atoms with Crippen LogP contribution in [0.15, 0.2) is 24.3 Å². The van der Waals surface area contributed by atoms with E-state index < -0.39 is 41.1 Å². The molecule has 0 aliphatic carbocycles. The number of hydrogen-bond donors (Lipinski definition) is 1. The van der Waals surface area contributed by atoms with Crippen LogP contribution in [0.3, 0.4) is 0 Å². The summed E-state index contributed by atoms with van der Waals surface area (Å²) < 4.78 is 12.1. The molecule has 1 unspecified atom stereocenters. The van der Waals surface area contributed by atoms with E-state index in [1.165, 1.54) is 4.90 Å². The lowest BCUT2D eigenvalue weighted by Crippen LogP contribution is -2.58. The molecule has 2 fully saturated rings. The predicted octanol–water partition coefficient (Wildman–Crippen LogP) is 1.43. The lowest BCUT2D eigenvalue weighted by molar-refractivity contribution is -0.162. The fraction of sp³-hybridized carbons (Fsp3) is 0.708. The highest BCUT2D eigenvalue weighted by molar-refractivity contribution is 5.99. The van der Waals surface area contributed by atoms with Crippen molar-refractivity contribution in [3.63, 3.8) is 0 Å². The minimum absolute atomic E-state index is 0.193. The molecule has 32 heavy (non-hydrogen) atoms. The molecule has 0 aromatic heterocycles. The SMILES string of the molecule is CCCCN1CC=C[C@]23O[C@@]4(C)C=CCCOC(=O)[C@H]4[C@H]2C(=O)N([C@@H](CC)CO)C3C1=O. The molecule has 0 saturated carbocycles. The Kier molecular flexibility index (Phi) is 6.20. The van der Waals surface area contributed by atoms with Crippen molar-refractivity contribution < 1.29 is 29.0 Å². The number of esters is 1. The summed E-state index contributed by atoms with van der Waals surface area (Å²) in [7, 11) is 0. The standard InChI is InChI=1S/C24H34N2O6/c1-4-6-12-25-13-9-11-24-17(18-22(30)31-14-8-7-10-23(18,3)32-24)20(28)26(16(5-2)15-27)19(24)21(25)29/h7,9-11,16-19,27H,4-6,8,12-15H2,1-3H3/t16-,17-,18+,19?,23-,24-/m0/s1. The normalized spacial score (nSPS) is 37.4. The molecule has 4 rings (SSSR count). The predicted molar refractivity (Wildman–Crippen MR) is 116 cm³/mol. The van der Waals surface area contributed by atoms with Crippen molar-refractivity contribution in [3.05, 3.63) is 24.3 Å². The number of amides is 2. The lowest BCUT2D eigenvalue weighted by atomic mass is 9.74. The number of rotatable bonds is 6. The molecule has 8 heteroatoms. The first-order valence-electron chi connectivity index (χ1n) is 11.8. The van der Waals surface area contributed by atoms with Gasteiger partial charge in [-0.2, -0.15) is 0 Å². The monoisotopic (exact) mass is 446 g/mol. The Morgan fingerprint density at radius 2 is 1.94 bits per heavy atom. The van der Waals surface area contributed by atoms with E-state index in [1.54, 1.807) is 11.8 Å². The maximum Gasteiger partial charge on any atom is 0.313 e. The number of fused-ring (bicyclic) bond motifs is 2. The van der Waals surface area contributed by atoms with Gasteiger partial charge >= 0.3 is 5.97 Å². The molecule has 0 radical (unpaired) electrons. The van der Waals surface area contributed by atoms with Crippen LogP contribution < -0.4 is 0 Å². The van der Waals surface area contributed by atoms with Crippen molar-refractivity contribution in [2.24, 2.45) is 11.8 Å². The number of aliphatic hydroxyl groups is 1. The van der Waals surface area contributed by atoms with Crippen molar-refractivity contribution >= 4 is 17.8 Å². The Labute approximate surface area is 189 Å². The summed E-state index contributed by atoms with van der Waals surface area (Å²) >= 11 is 0. The summed E-state index contributed by atoms with van der Waals surface area (Å²) in [6.45, 7) is 6.72. The Morgan fingerprint density at radius 3 is 2.62 bits per heavy atom. The molecule has 2 amide bonds. The average Bonchev–Trinajstić information content (AvgIpc) is 3.08. The van der Waals surface area contributed by atoms with Gasteiger partial charge in [0.15, 0.2) is 0 Å². The van der Waals surface area contributed by atoms with Gasteiger partial charge < -0.3 is 24.4 Å². The van der Waals surface area contributed by atoms with Gasteiger partial charge in [-0.1, -0.05) is 44.6 Å². The second kappa shape index (κ2) is 8.63. The van der Waals surface area contributed by atoms with Gasteiger partial charge in [0.1, 0.15) is 17.6 Å². The van der Waals surface area contributed by atoms with Crippen LogP contribution in [0, 0.1) is 11.8 Å². The van der Waals surface area contributed by atoms with Crippen molar-refractivity contribution in [3.8, 4) is 0 Å². The van der Waals surface area contributed by atoms with Crippen molar-refractivity contribution in [2.75, 3.05) is 26.3 Å². The summed E-state index contributed by atoms with van der Waals surface area (Å²) in [6, 6.07) is -1.47. The number of carbonyl (C=O) groups excluding carboxylic acids is 3. The molecule has 4 aliphatic heterocycles. The number of aliphatic hydroxyl groups excluding tert-OH is 1. The van der Waals surface area contributed by atoms with Gasteiger partial charge in [0.05, 0.1) is 30.8 Å². The Morgan fingerprint density at radius 1 is 1.16 bits per heavy atom. The van der Waals surface area contributed by atoms with E-state index in [4.69, 9.17) is 9.47 Å². The van der Waals surface area contributed by atoms with E-state index >= 15 is 0 Å². The smallest absolute Gasteiger partial charge is 0.313 e. The number of cyclic esters (lactones) is 1. The van der Waals surface area contributed by atoms with E-state index in [0.29, 0.717) is 25.9 Å². The molecule has 4 heterocycles. The zero-order chi connectivity index (χ0) is 23.1. The molecular weight excluding hydrogens is 412 g/mol. The highest BCUT2D eigenvalue weighted by Crippen LogP contribution is 2.57. The van der Waals surface area contributed by atoms with E-state index in [2.05, 4.69) is 6.92 Å². The number of ether oxygens (including phenoxy) is 2. The molecule has 6 atom stereocenters. The van der Waals surface area contributed by atoms with Crippen LogP contribution in [0.1, 0.15) is 46.5 Å². The molecule has 1 N–H and O–H groups in total. The average molecular weight is 447 g/mol. The van der Waals surface area contributed by atoms with E-state index in [0.717, 1.165) is 12.8 Å². The number of unbranched alkanes of at least 4 members (excludes halogenated alkanes) is 1. The minimum Gasteiger partial charge on any atom is -0.465 e. The van der Waals surface area contributed by atoms with Gasteiger partial charge in [-0.15, -0.1) is 0 Å². The summed E-state index contributed by atoms with van der Waals surface area (Å²) in [5.74, 6) is -2.75. The summed E-state index contributed by atoms with van der Waals surface area (Å²) in [5.41, 5.74) is -2.35. The van der Waals surface area contributed by atoms with Gasteiger partial charge in [0, 0.05) is 13.1 Å². The van der Waals surface area contributed by atoms with Crippen molar-refractivity contribution in [2.45, 2.75) is 69.7 Å². The number of likely N-dealkylation sites (tertiary alicyclic amines) is 1. The summed E-state index contributed by atoms with van der Waals surface area (Å²) in [5, 5.41) is 10.1. The maximum atomic E-state index is 13.9. The van der Waals surface area contributed by atoms with Gasteiger partial charge in [-0.3, -0.25) is 14.4 Å². The fourth-order valence-electron chi connectivity index (χ4n) is 5.83. The van der Waals surface area contributed by atoms with Gasteiger partial charge in [0.25, 0.3) is 0 Å². The van der Waals surface area contributed by atoms with Crippen LogP contribution in [-0.2, 0) is 23.9 Å². The molecule has 4 aliphatic rings. The number of hydrogen-bond acceptors (Lipinski definition) is 6. The first-order chi connectivity index (χ1) is 15.3. The first-order valence-corrected chi connectivity index (χ1v) is 11.8. The van der Waals surface area contributed by atoms with Crippen molar-refractivity contribution in [1.29, 1.82) is 0 Å². The number of carbonyl (C=O) groups is 3. The first kappa shape index (κ1) is 23.0. The van der Waals surface area contributed by atoms with Gasteiger partial charge in [-0.25, -0.2) is 0 Å². The maximum absolute atomic E-state index is 13.9. The second-order valence-corrected chi connectivity index (χ2v) is 9.39. The molecule has 2 saturated heterocycles. The van der Waals surface area contributed by atoms with Crippen LogP contribution in [0.25, 0.3) is 0 Å². The third-order valence-corrected chi connectivity index (χ3v) is 7.40. The van der Waals surface area contributed by atoms with E-state index in [9.17, 15) is 19.5 Å². The highest BCUT2D eigenvalue weighted by Gasteiger charge is 2.75. The van der Waals surface area contributed by atoms with E-state index in [1.807, 2.05) is 31.2 Å². The number of nitrogens with zero attached hydrogens (tertiary/aromatic N) is 2.